The molecule has 0 amide bonds. The van der Waals surface area contributed by atoms with Gasteiger partial charge in [-0.1, -0.05) is 13.3 Å². The smallest absolute Gasteiger partial charge is 0.348 e. The Morgan fingerprint density at radius 1 is 1.32 bits per heavy atom. The van der Waals surface area contributed by atoms with E-state index in [0.29, 0.717) is 27.1 Å². The minimum Gasteiger partial charge on any atom is -0.461 e. The minimum atomic E-state index is -0.447. The average Bonchev–Trinajstić information content (AvgIpc) is 3.02. The highest BCUT2D eigenvalue weighted by atomic mass is 32.1. The lowest BCUT2D eigenvalue weighted by Gasteiger charge is -2.21. The van der Waals surface area contributed by atoms with Gasteiger partial charge in [-0.05, 0) is 51.5 Å². The largest absolute Gasteiger partial charge is 0.461 e. The molecule has 3 rings (SSSR count). The molecule has 28 heavy (non-hydrogen) atoms. The minimum absolute atomic E-state index is 0.0570. The molecule has 1 aliphatic rings. The van der Waals surface area contributed by atoms with Gasteiger partial charge in [0.25, 0.3) is 5.56 Å². The average molecular weight is 407 g/mol. The molecule has 1 unspecified atom stereocenters. The van der Waals surface area contributed by atoms with Crippen molar-refractivity contribution in [2.45, 2.75) is 78.0 Å². The number of aromatic nitrogens is 2. The van der Waals surface area contributed by atoms with Crippen molar-refractivity contribution in [2.75, 3.05) is 0 Å². The molecule has 0 radical (unpaired) electrons. The van der Waals surface area contributed by atoms with Gasteiger partial charge in [-0.3, -0.25) is 14.2 Å². The number of carbonyl (C=O) groups is 2. The Kier molecular flexibility index (Phi) is 6.49. The van der Waals surface area contributed by atoms with Gasteiger partial charge in [-0.2, -0.15) is 0 Å². The fraction of sp³-hybridized carbons (Fsp3) is 0.600. The predicted octanol–water partition coefficient (Wildman–Crippen LogP) is 3.60. The zero-order chi connectivity index (χ0) is 20.3. The van der Waals surface area contributed by atoms with E-state index >= 15 is 0 Å². The van der Waals surface area contributed by atoms with Crippen molar-refractivity contribution in [1.29, 1.82) is 0 Å². The fourth-order valence-corrected chi connectivity index (χ4v) is 4.35. The number of ether oxygens (including phenoxy) is 2. The number of thiophene rings is 1. The van der Waals surface area contributed by atoms with Gasteiger partial charge in [0.2, 0.25) is 0 Å². The lowest BCUT2D eigenvalue weighted by Crippen LogP contribution is -2.29. The van der Waals surface area contributed by atoms with Crippen molar-refractivity contribution in [3.8, 4) is 0 Å². The number of aryl methyl sites for hydroxylation is 1. The van der Waals surface area contributed by atoms with Gasteiger partial charge in [0.05, 0.1) is 17.8 Å². The molecular weight excluding hydrogens is 380 g/mol. The lowest BCUT2D eigenvalue weighted by atomic mass is 9.98. The number of esters is 2. The van der Waals surface area contributed by atoms with E-state index in [-0.39, 0.29) is 24.3 Å². The van der Waals surface area contributed by atoms with Crippen LogP contribution in [-0.4, -0.2) is 33.7 Å². The van der Waals surface area contributed by atoms with Gasteiger partial charge >= 0.3 is 11.9 Å². The van der Waals surface area contributed by atoms with Crippen LogP contribution in [0.4, 0.5) is 0 Å². The number of carbonyl (C=O) groups excluding carboxylic acids is 2. The summed E-state index contributed by atoms with van der Waals surface area (Å²) >= 11 is 1.14. The highest BCUT2D eigenvalue weighted by molar-refractivity contribution is 7.20. The van der Waals surface area contributed by atoms with Crippen LogP contribution in [0.3, 0.4) is 0 Å². The molecule has 0 saturated heterocycles. The summed E-state index contributed by atoms with van der Waals surface area (Å²) in [6.07, 6.45) is 6.86. The Labute approximate surface area is 167 Å². The molecular formula is C20H26N2O5S. The topological polar surface area (TPSA) is 87.5 Å². The van der Waals surface area contributed by atoms with Crippen molar-refractivity contribution < 1.29 is 19.1 Å². The summed E-state index contributed by atoms with van der Waals surface area (Å²) in [6, 6.07) is 0. The highest BCUT2D eigenvalue weighted by Gasteiger charge is 2.23. The second-order valence-corrected chi connectivity index (χ2v) is 8.29. The van der Waals surface area contributed by atoms with Crippen molar-refractivity contribution >= 4 is 33.5 Å². The van der Waals surface area contributed by atoms with Gasteiger partial charge in [0, 0.05) is 0 Å². The molecule has 2 aromatic rings. The molecule has 2 aromatic heterocycles. The van der Waals surface area contributed by atoms with Crippen LogP contribution in [0.5, 0.6) is 0 Å². The Hall–Kier alpha value is -2.22. The van der Waals surface area contributed by atoms with Crippen molar-refractivity contribution in [1.82, 2.24) is 9.55 Å². The summed E-state index contributed by atoms with van der Waals surface area (Å²) in [5.41, 5.74) is 0.197. The molecule has 7 nitrogen and oxygen atoms in total. The maximum atomic E-state index is 12.9. The third kappa shape index (κ3) is 4.43. The van der Waals surface area contributed by atoms with Gasteiger partial charge in [0.1, 0.15) is 22.4 Å². The number of nitrogens with zero attached hydrogens (tertiary/aromatic N) is 2. The van der Waals surface area contributed by atoms with Crippen LogP contribution in [0.15, 0.2) is 11.1 Å². The molecule has 0 aliphatic heterocycles. The third-order valence-corrected chi connectivity index (χ3v) is 6.32. The van der Waals surface area contributed by atoms with Crippen molar-refractivity contribution in [3.05, 3.63) is 27.1 Å². The first-order valence-electron chi connectivity index (χ1n) is 9.79. The van der Waals surface area contributed by atoms with E-state index in [1.807, 2.05) is 13.8 Å². The second kappa shape index (κ2) is 8.86. The van der Waals surface area contributed by atoms with Crippen LogP contribution in [0, 0.1) is 6.92 Å². The van der Waals surface area contributed by atoms with Crippen molar-refractivity contribution in [2.24, 2.45) is 0 Å². The van der Waals surface area contributed by atoms with E-state index in [4.69, 9.17) is 9.47 Å². The SMILES string of the molecule is CCC(C)OC(=O)c1sc2ncn(CC(=O)OC3CCCCC3)c(=O)c2c1C. The van der Waals surface area contributed by atoms with Gasteiger partial charge in [0.15, 0.2) is 0 Å². The molecule has 0 spiro atoms. The summed E-state index contributed by atoms with van der Waals surface area (Å²) < 4.78 is 12.1. The Balaban J connectivity index is 1.80. The Morgan fingerprint density at radius 2 is 2.04 bits per heavy atom. The number of hydrogen-bond donors (Lipinski definition) is 0. The first-order valence-corrected chi connectivity index (χ1v) is 10.6. The van der Waals surface area contributed by atoms with Crippen LogP contribution in [0.1, 0.15) is 67.6 Å². The molecule has 0 N–H and O–H groups in total. The Bertz CT molecular complexity index is 927. The summed E-state index contributed by atoms with van der Waals surface area (Å²) in [5.74, 6) is -0.878. The maximum absolute atomic E-state index is 12.9. The van der Waals surface area contributed by atoms with Crippen molar-refractivity contribution in [3.63, 3.8) is 0 Å². The lowest BCUT2D eigenvalue weighted by molar-refractivity contribution is -0.151. The molecule has 1 atom stereocenters. The summed E-state index contributed by atoms with van der Waals surface area (Å²) in [6.45, 7) is 5.28. The third-order valence-electron chi connectivity index (χ3n) is 5.14. The summed E-state index contributed by atoms with van der Waals surface area (Å²) in [5, 5.41) is 0.356. The first-order chi connectivity index (χ1) is 13.4. The summed E-state index contributed by atoms with van der Waals surface area (Å²) in [4.78, 5) is 42.6. The van der Waals surface area contributed by atoms with Crippen LogP contribution in [0.25, 0.3) is 10.2 Å². The van der Waals surface area contributed by atoms with Crippen LogP contribution in [-0.2, 0) is 20.8 Å². The van der Waals surface area contributed by atoms with Crippen LogP contribution >= 0.6 is 11.3 Å². The van der Waals surface area contributed by atoms with E-state index < -0.39 is 11.9 Å². The number of rotatable bonds is 6. The van der Waals surface area contributed by atoms with Crippen LogP contribution in [0.2, 0.25) is 0 Å². The zero-order valence-corrected chi connectivity index (χ0v) is 17.3. The quantitative estimate of drug-likeness (QED) is 0.681. The molecule has 0 aromatic carbocycles. The molecule has 1 fully saturated rings. The van der Waals surface area contributed by atoms with E-state index in [1.165, 1.54) is 17.3 Å². The number of fused-ring (bicyclic) bond motifs is 1. The molecule has 1 saturated carbocycles. The van der Waals surface area contributed by atoms with E-state index in [1.54, 1.807) is 6.92 Å². The van der Waals surface area contributed by atoms with Gasteiger partial charge < -0.3 is 9.47 Å². The fourth-order valence-electron chi connectivity index (χ4n) is 3.33. The standard InChI is InChI=1S/C20H26N2O5S/c1-4-12(2)26-20(25)17-13(3)16-18(28-17)21-11-22(19(16)24)10-15(23)27-14-8-6-5-7-9-14/h11-12,14H,4-10H2,1-3H3. The van der Waals surface area contributed by atoms with Gasteiger partial charge in [-0.15, -0.1) is 11.3 Å². The highest BCUT2D eigenvalue weighted by Crippen LogP contribution is 2.28. The van der Waals surface area contributed by atoms with E-state index in [9.17, 15) is 14.4 Å². The van der Waals surface area contributed by atoms with Crippen LogP contribution < -0.4 is 5.56 Å². The maximum Gasteiger partial charge on any atom is 0.348 e. The predicted molar refractivity (Wildman–Crippen MR) is 107 cm³/mol. The molecule has 8 heteroatoms. The van der Waals surface area contributed by atoms with E-state index in [2.05, 4.69) is 4.98 Å². The summed E-state index contributed by atoms with van der Waals surface area (Å²) in [7, 11) is 0. The van der Waals surface area contributed by atoms with Gasteiger partial charge in [-0.25, -0.2) is 9.78 Å². The number of hydrogen-bond acceptors (Lipinski definition) is 7. The first kappa shape index (κ1) is 20.5. The normalized spacial score (nSPS) is 16.1. The molecule has 1 aliphatic carbocycles. The monoisotopic (exact) mass is 406 g/mol. The zero-order valence-electron chi connectivity index (χ0n) is 16.5. The molecule has 0 bridgehead atoms. The Morgan fingerprint density at radius 3 is 2.71 bits per heavy atom. The molecule has 152 valence electrons. The van der Waals surface area contributed by atoms with E-state index in [0.717, 1.165) is 37.0 Å². The molecule has 2 heterocycles. The second-order valence-electron chi connectivity index (χ2n) is 7.29.